The first kappa shape index (κ1) is 11.8. The Kier molecular flexibility index (Phi) is 3.57. The maximum absolute atomic E-state index is 13.2. The van der Waals surface area contributed by atoms with E-state index in [4.69, 9.17) is 0 Å². The number of hydrogen-bond donors (Lipinski definition) is 0. The summed E-state index contributed by atoms with van der Waals surface area (Å²) in [6.45, 7) is 1.30. The maximum atomic E-state index is 13.2. The van der Waals surface area contributed by atoms with Gasteiger partial charge in [0.25, 0.3) is 0 Å². The highest BCUT2D eigenvalue weighted by Crippen LogP contribution is 2.22. The topological polar surface area (TPSA) is 43.4 Å². The highest BCUT2D eigenvalue weighted by atomic mass is 79.9. The number of carbonyl (C=O) groups excluding carboxylic acids is 2. The van der Waals surface area contributed by atoms with Gasteiger partial charge in [-0.2, -0.15) is 0 Å². The van der Waals surface area contributed by atoms with Crippen molar-refractivity contribution < 1.29 is 18.7 Å². The number of carbonyl (C=O) groups is 2. The molecular formula is C10H8BrFO3. The Morgan fingerprint density at radius 1 is 1.33 bits per heavy atom. The summed E-state index contributed by atoms with van der Waals surface area (Å²) in [7, 11) is 1.17. The van der Waals surface area contributed by atoms with Crippen LogP contribution in [0.3, 0.4) is 0 Å². The lowest BCUT2D eigenvalue weighted by Crippen LogP contribution is -2.09. The third-order valence-corrected chi connectivity index (χ3v) is 2.45. The molecule has 0 fully saturated rings. The molecule has 1 rings (SSSR count). The number of benzene rings is 1. The molecule has 1 aromatic rings. The quantitative estimate of drug-likeness (QED) is 0.615. The maximum Gasteiger partial charge on any atom is 0.338 e. The summed E-state index contributed by atoms with van der Waals surface area (Å²) < 4.78 is 17.7. The Bertz CT molecular complexity index is 429. The second-order valence-electron chi connectivity index (χ2n) is 2.86. The number of ketones is 1. The zero-order valence-electron chi connectivity index (χ0n) is 8.14. The van der Waals surface area contributed by atoms with E-state index in [9.17, 15) is 14.0 Å². The molecule has 80 valence electrons. The summed E-state index contributed by atoms with van der Waals surface area (Å²) >= 11 is 2.94. The first-order valence-corrected chi connectivity index (χ1v) is 4.85. The van der Waals surface area contributed by atoms with E-state index in [1.165, 1.54) is 20.1 Å². The predicted octanol–water partition coefficient (Wildman–Crippen LogP) is 2.58. The molecule has 0 spiro atoms. The standard InChI is InChI=1S/C10H8BrFO3/c1-5(13)6-3-8(11)9(12)4-7(6)10(14)15-2/h3-4H,1-2H3. The fourth-order valence-electron chi connectivity index (χ4n) is 1.12. The van der Waals surface area contributed by atoms with Gasteiger partial charge in [0, 0.05) is 5.56 Å². The molecule has 15 heavy (non-hydrogen) atoms. The number of Topliss-reactive ketones (excluding diaryl/α,β-unsaturated/α-hetero) is 1. The van der Waals surface area contributed by atoms with Crippen LogP contribution in [0.5, 0.6) is 0 Å². The Labute approximate surface area is 94.4 Å². The average Bonchev–Trinajstić information content (AvgIpc) is 2.20. The molecular weight excluding hydrogens is 267 g/mol. The normalized spacial score (nSPS) is 9.87. The zero-order valence-corrected chi connectivity index (χ0v) is 9.72. The first-order valence-electron chi connectivity index (χ1n) is 4.05. The lowest BCUT2D eigenvalue weighted by Gasteiger charge is -2.06. The highest BCUT2D eigenvalue weighted by molar-refractivity contribution is 9.10. The Hall–Kier alpha value is -1.23. The Morgan fingerprint density at radius 2 is 1.93 bits per heavy atom. The van der Waals surface area contributed by atoms with Crippen LogP contribution < -0.4 is 0 Å². The van der Waals surface area contributed by atoms with Crippen molar-refractivity contribution in [3.8, 4) is 0 Å². The van der Waals surface area contributed by atoms with E-state index in [0.29, 0.717) is 0 Å². The molecule has 0 amide bonds. The zero-order chi connectivity index (χ0) is 11.6. The molecule has 5 heteroatoms. The van der Waals surface area contributed by atoms with Crippen LogP contribution in [0.2, 0.25) is 0 Å². The Balaban J connectivity index is 3.41. The number of ether oxygens (including phenoxy) is 1. The highest BCUT2D eigenvalue weighted by Gasteiger charge is 2.17. The third kappa shape index (κ3) is 2.41. The van der Waals surface area contributed by atoms with Crippen LogP contribution in [-0.2, 0) is 4.74 Å². The Morgan fingerprint density at radius 3 is 2.40 bits per heavy atom. The number of esters is 1. The summed E-state index contributed by atoms with van der Waals surface area (Å²) in [5.41, 5.74) is 0.0702. The SMILES string of the molecule is COC(=O)c1cc(F)c(Br)cc1C(C)=O. The molecule has 0 bridgehead atoms. The minimum atomic E-state index is -0.730. The molecule has 1 aromatic carbocycles. The molecule has 3 nitrogen and oxygen atoms in total. The largest absolute Gasteiger partial charge is 0.465 e. The van der Waals surface area contributed by atoms with Gasteiger partial charge in [0.15, 0.2) is 5.78 Å². The van der Waals surface area contributed by atoms with Gasteiger partial charge in [-0.25, -0.2) is 9.18 Å². The summed E-state index contributed by atoms with van der Waals surface area (Å²) in [5, 5.41) is 0. The molecule has 0 heterocycles. The number of rotatable bonds is 2. The number of hydrogen-bond acceptors (Lipinski definition) is 3. The van der Waals surface area contributed by atoms with Gasteiger partial charge in [-0.3, -0.25) is 4.79 Å². The van der Waals surface area contributed by atoms with Crippen LogP contribution in [-0.4, -0.2) is 18.9 Å². The van der Waals surface area contributed by atoms with Crippen molar-refractivity contribution in [3.05, 3.63) is 33.5 Å². The molecule has 0 aliphatic rings. The minimum Gasteiger partial charge on any atom is -0.465 e. The third-order valence-electron chi connectivity index (χ3n) is 1.85. The first-order chi connectivity index (χ1) is 6.97. The van der Waals surface area contributed by atoms with Crippen LogP contribution in [0.1, 0.15) is 27.6 Å². The molecule has 0 saturated heterocycles. The molecule has 0 aliphatic carbocycles. The van der Waals surface area contributed by atoms with Crippen molar-refractivity contribution in [2.24, 2.45) is 0 Å². The van der Waals surface area contributed by atoms with Crippen molar-refractivity contribution in [1.82, 2.24) is 0 Å². The monoisotopic (exact) mass is 274 g/mol. The molecule has 0 aliphatic heterocycles. The predicted molar refractivity (Wildman–Crippen MR) is 55.4 cm³/mol. The van der Waals surface area contributed by atoms with E-state index in [0.717, 1.165) is 6.07 Å². The van der Waals surface area contributed by atoms with Crippen LogP contribution in [0, 0.1) is 5.82 Å². The van der Waals surface area contributed by atoms with E-state index < -0.39 is 11.8 Å². The van der Waals surface area contributed by atoms with Crippen molar-refractivity contribution in [2.75, 3.05) is 7.11 Å². The molecule has 0 aromatic heterocycles. The van der Waals surface area contributed by atoms with Gasteiger partial charge in [-0.05, 0) is 35.0 Å². The van der Waals surface area contributed by atoms with Crippen molar-refractivity contribution >= 4 is 27.7 Å². The second-order valence-corrected chi connectivity index (χ2v) is 3.71. The van der Waals surface area contributed by atoms with Gasteiger partial charge in [0.2, 0.25) is 0 Å². The van der Waals surface area contributed by atoms with Gasteiger partial charge in [0.05, 0.1) is 17.1 Å². The fraction of sp³-hybridized carbons (Fsp3) is 0.200. The van der Waals surface area contributed by atoms with Crippen molar-refractivity contribution in [2.45, 2.75) is 6.92 Å². The molecule has 0 unspecified atom stereocenters. The average molecular weight is 275 g/mol. The fourth-order valence-corrected chi connectivity index (χ4v) is 1.46. The summed E-state index contributed by atoms with van der Waals surface area (Å²) in [5.74, 6) is -1.66. The number of halogens is 2. The van der Waals surface area contributed by atoms with Crippen LogP contribution in [0.4, 0.5) is 4.39 Å². The van der Waals surface area contributed by atoms with Crippen LogP contribution >= 0.6 is 15.9 Å². The van der Waals surface area contributed by atoms with E-state index in [2.05, 4.69) is 20.7 Å². The van der Waals surface area contributed by atoms with Gasteiger partial charge >= 0.3 is 5.97 Å². The van der Waals surface area contributed by atoms with Crippen LogP contribution in [0.25, 0.3) is 0 Å². The summed E-state index contributed by atoms with van der Waals surface area (Å²) in [6, 6.07) is 2.25. The van der Waals surface area contributed by atoms with Crippen LogP contribution in [0.15, 0.2) is 16.6 Å². The van der Waals surface area contributed by atoms with E-state index in [-0.39, 0.29) is 21.4 Å². The minimum absolute atomic E-state index is 0.0642. The smallest absolute Gasteiger partial charge is 0.338 e. The lowest BCUT2D eigenvalue weighted by molar-refractivity contribution is 0.0596. The molecule has 0 N–H and O–H groups in total. The van der Waals surface area contributed by atoms with E-state index in [1.807, 2.05) is 0 Å². The molecule has 0 atom stereocenters. The lowest BCUT2D eigenvalue weighted by atomic mass is 10.0. The van der Waals surface area contributed by atoms with Gasteiger partial charge in [0.1, 0.15) is 5.82 Å². The second kappa shape index (κ2) is 4.53. The molecule has 0 saturated carbocycles. The van der Waals surface area contributed by atoms with Gasteiger partial charge in [-0.1, -0.05) is 0 Å². The van der Waals surface area contributed by atoms with E-state index in [1.54, 1.807) is 0 Å². The molecule has 0 radical (unpaired) electrons. The van der Waals surface area contributed by atoms with Gasteiger partial charge in [-0.15, -0.1) is 0 Å². The van der Waals surface area contributed by atoms with Crippen molar-refractivity contribution in [1.29, 1.82) is 0 Å². The van der Waals surface area contributed by atoms with Crippen molar-refractivity contribution in [3.63, 3.8) is 0 Å². The summed E-state index contributed by atoms with van der Waals surface area (Å²) in [4.78, 5) is 22.4. The van der Waals surface area contributed by atoms with E-state index >= 15 is 0 Å². The number of methoxy groups -OCH3 is 1. The van der Waals surface area contributed by atoms with Gasteiger partial charge < -0.3 is 4.74 Å². The summed E-state index contributed by atoms with van der Waals surface area (Å²) in [6.07, 6.45) is 0.